The van der Waals surface area contributed by atoms with E-state index in [0.717, 1.165) is 53.2 Å². The van der Waals surface area contributed by atoms with E-state index < -0.39 is 0 Å². The number of aliphatic imine (C=N–C) groups is 1. The van der Waals surface area contributed by atoms with Gasteiger partial charge in [-0.15, -0.1) is 0 Å². The highest BCUT2D eigenvalue weighted by atomic mass is 19.1. The molecular formula is C38H49FN4O. The van der Waals surface area contributed by atoms with Crippen molar-refractivity contribution in [3.05, 3.63) is 126 Å². The minimum atomic E-state index is -0.200. The highest BCUT2D eigenvalue weighted by Gasteiger charge is 2.12. The van der Waals surface area contributed by atoms with Crippen molar-refractivity contribution in [2.75, 3.05) is 12.3 Å². The van der Waals surface area contributed by atoms with Crippen molar-refractivity contribution in [1.82, 2.24) is 9.55 Å². The topological polar surface area (TPSA) is 65.4 Å². The van der Waals surface area contributed by atoms with Crippen LogP contribution in [0.3, 0.4) is 0 Å². The number of ether oxygens (including phenoxy) is 1. The van der Waals surface area contributed by atoms with Gasteiger partial charge >= 0.3 is 0 Å². The number of aromatic nitrogens is 2. The first kappa shape index (κ1) is 35.7. The van der Waals surface area contributed by atoms with Crippen molar-refractivity contribution in [1.29, 1.82) is 0 Å². The first-order valence-electron chi connectivity index (χ1n) is 15.2. The summed E-state index contributed by atoms with van der Waals surface area (Å²) < 4.78 is 20.7. The van der Waals surface area contributed by atoms with E-state index in [1.54, 1.807) is 12.4 Å². The highest BCUT2D eigenvalue weighted by Crippen LogP contribution is 2.26. The highest BCUT2D eigenvalue weighted by molar-refractivity contribution is 5.99. The summed E-state index contributed by atoms with van der Waals surface area (Å²) in [6, 6.07) is 12.9. The van der Waals surface area contributed by atoms with Crippen LogP contribution in [0.2, 0.25) is 0 Å². The summed E-state index contributed by atoms with van der Waals surface area (Å²) in [7, 11) is 0. The average Bonchev–Trinajstić information content (AvgIpc) is 3.35. The summed E-state index contributed by atoms with van der Waals surface area (Å²) in [6.07, 6.45) is 14.0. The van der Waals surface area contributed by atoms with Gasteiger partial charge < -0.3 is 15.0 Å². The number of benzene rings is 2. The van der Waals surface area contributed by atoms with Gasteiger partial charge in [-0.1, -0.05) is 75.9 Å². The maximum atomic E-state index is 13.0. The van der Waals surface area contributed by atoms with Gasteiger partial charge in [0.1, 0.15) is 29.8 Å². The fraction of sp³-hybridized carbons (Fsp3) is 0.316. The molecule has 1 atom stereocenters. The Morgan fingerprint density at radius 1 is 1.14 bits per heavy atom. The number of hydrogen-bond donors (Lipinski definition) is 1. The molecule has 0 fully saturated rings. The first-order valence-corrected chi connectivity index (χ1v) is 15.2. The van der Waals surface area contributed by atoms with Gasteiger partial charge in [0.05, 0.1) is 6.20 Å². The molecule has 2 aromatic carbocycles. The lowest BCUT2D eigenvalue weighted by Gasteiger charge is -2.17. The fourth-order valence-corrected chi connectivity index (χ4v) is 4.62. The van der Waals surface area contributed by atoms with Crippen LogP contribution in [0.25, 0.3) is 11.8 Å². The number of halogens is 1. The SMILES string of the molecule is C=C/C(=C\n1cc(N)nc1C)c1ccc(OC/C=C\C)c(CC)c1.C=CN=C(C)/C(Cc1ccc(F)cc1)=C(/C)C(C)CC. The molecule has 0 radical (unpaired) electrons. The smallest absolute Gasteiger partial charge is 0.142 e. The molecule has 3 rings (SSSR count). The number of nitrogens with zero attached hydrogens (tertiary/aromatic N) is 3. The van der Waals surface area contributed by atoms with Crippen LogP contribution >= 0.6 is 0 Å². The molecule has 1 heterocycles. The average molecular weight is 597 g/mol. The molecule has 3 aromatic rings. The third-order valence-corrected chi connectivity index (χ3v) is 7.62. The molecule has 234 valence electrons. The Balaban J connectivity index is 0.000000312. The third kappa shape index (κ3) is 10.7. The second kappa shape index (κ2) is 18.3. The number of imidazole rings is 1. The number of nitrogens with two attached hydrogens (primary N) is 1. The standard InChI is InChI=1S/C20H25N3O.C18H24FN/c1-5-8-11-24-19-10-9-18(12-16(19)6-2)17(7-3)13-23-14-20(21)22-15(23)4;1-6-13(3)14(4)18(15(5)20-7-2)12-16-8-10-17(19)11-9-16/h5,7-10,12-14H,3,6,11,21H2,1-2,4H3;7-11,13H,2,6,12H2,1,3-5H3/b8-5-,17-13+;18-14-,20-15?. The predicted molar refractivity (Wildman–Crippen MR) is 187 cm³/mol. The second-order valence-electron chi connectivity index (χ2n) is 10.6. The monoisotopic (exact) mass is 596 g/mol. The minimum absolute atomic E-state index is 0.200. The van der Waals surface area contributed by atoms with Crippen LogP contribution in [-0.2, 0) is 12.8 Å². The van der Waals surface area contributed by atoms with Crippen LogP contribution in [0.15, 0.2) is 102 Å². The molecule has 5 nitrogen and oxygen atoms in total. The van der Waals surface area contributed by atoms with E-state index >= 15 is 0 Å². The summed E-state index contributed by atoms with van der Waals surface area (Å²) in [4.78, 5) is 8.54. The van der Waals surface area contributed by atoms with E-state index in [0.29, 0.717) is 18.3 Å². The molecule has 0 aliphatic rings. The molecule has 0 bridgehead atoms. The van der Waals surface area contributed by atoms with Crippen molar-refractivity contribution in [2.45, 2.75) is 67.7 Å². The van der Waals surface area contributed by atoms with Gasteiger partial charge in [-0.3, -0.25) is 4.99 Å². The van der Waals surface area contributed by atoms with E-state index in [2.05, 4.69) is 56.9 Å². The predicted octanol–water partition coefficient (Wildman–Crippen LogP) is 9.81. The van der Waals surface area contributed by atoms with E-state index in [4.69, 9.17) is 10.5 Å². The summed E-state index contributed by atoms with van der Waals surface area (Å²) in [6.45, 7) is 22.8. The van der Waals surface area contributed by atoms with Crippen LogP contribution in [0.1, 0.15) is 70.5 Å². The molecule has 44 heavy (non-hydrogen) atoms. The van der Waals surface area contributed by atoms with E-state index in [9.17, 15) is 4.39 Å². The summed E-state index contributed by atoms with van der Waals surface area (Å²) in [5.41, 5.74) is 13.7. The maximum Gasteiger partial charge on any atom is 0.142 e. The Morgan fingerprint density at radius 2 is 1.84 bits per heavy atom. The quantitative estimate of drug-likeness (QED) is 0.121. The number of anilines is 1. The van der Waals surface area contributed by atoms with Gasteiger partial charge in [0.25, 0.3) is 0 Å². The summed E-state index contributed by atoms with van der Waals surface area (Å²) in [5, 5.41) is 0. The molecule has 2 N–H and O–H groups in total. The van der Waals surface area contributed by atoms with Gasteiger partial charge in [-0.05, 0) is 105 Å². The van der Waals surface area contributed by atoms with E-state index in [-0.39, 0.29) is 5.82 Å². The van der Waals surface area contributed by atoms with Crippen molar-refractivity contribution < 1.29 is 9.13 Å². The van der Waals surface area contributed by atoms with E-state index in [1.165, 1.54) is 28.8 Å². The van der Waals surface area contributed by atoms with Crippen LogP contribution in [-0.4, -0.2) is 21.9 Å². The third-order valence-electron chi connectivity index (χ3n) is 7.62. The van der Waals surface area contributed by atoms with Crippen LogP contribution in [0.4, 0.5) is 10.2 Å². The van der Waals surface area contributed by atoms with Crippen molar-refractivity contribution in [3.8, 4) is 5.75 Å². The van der Waals surface area contributed by atoms with Crippen molar-refractivity contribution in [2.24, 2.45) is 10.9 Å². The van der Waals surface area contributed by atoms with E-state index in [1.807, 2.05) is 74.0 Å². The molecule has 0 aliphatic heterocycles. The zero-order chi connectivity index (χ0) is 32.6. The molecule has 1 aromatic heterocycles. The molecule has 0 spiro atoms. The lowest BCUT2D eigenvalue weighted by atomic mass is 9.89. The molecule has 0 saturated heterocycles. The lowest BCUT2D eigenvalue weighted by molar-refractivity contribution is 0.359. The molecule has 0 aliphatic carbocycles. The maximum absolute atomic E-state index is 13.0. The van der Waals surface area contributed by atoms with Gasteiger partial charge in [0, 0.05) is 18.1 Å². The number of aryl methyl sites for hydroxylation is 2. The van der Waals surface area contributed by atoms with Crippen molar-refractivity contribution in [3.63, 3.8) is 0 Å². The Kier molecular flexibility index (Phi) is 14.8. The lowest BCUT2D eigenvalue weighted by Crippen LogP contribution is -2.09. The Hall–Kier alpha value is -4.45. The second-order valence-corrected chi connectivity index (χ2v) is 10.6. The van der Waals surface area contributed by atoms with Crippen LogP contribution in [0.5, 0.6) is 5.75 Å². The normalized spacial score (nSPS) is 13.2. The number of hydrogen-bond acceptors (Lipinski definition) is 4. The fourth-order valence-electron chi connectivity index (χ4n) is 4.62. The van der Waals surface area contributed by atoms with Gasteiger partial charge in [-0.2, -0.15) is 0 Å². The summed E-state index contributed by atoms with van der Waals surface area (Å²) in [5.74, 6) is 2.59. The zero-order valence-electron chi connectivity index (χ0n) is 27.5. The Bertz CT molecular complexity index is 1510. The molecule has 6 heteroatoms. The molecule has 0 saturated carbocycles. The zero-order valence-corrected chi connectivity index (χ0v) is 27.5. The van der Waals surface area contributed by atoms with Gasteiger partial charge in [-0.25, -0.2) is 9.37 Å². The molecule has 1 unspecified atom stereocenters. The van der Waals surface area contributed by atoms with Crippen molar-refractivity contribution >= 4 is 23.3 Å². The van der Waals surface area contributed by atoms with Gasteiger partial charge in [0.15, 0.2) is 0 Å². The minimum Gasteiger partial charge on any atom is -0.489 e. The number of nitrogen functional groups attached to an aromatic ring is 1. The first-order chi connectivity index (χ1) is 21.1. The Labute approximate surface area is 264 Å². The number of rotatable bonds is 13. The molecular weight excluding hydrogens is 547 g/mol. The van der Waals surface area contributed by atoms with Crippen LogP contribution in [0, 0.1) is 18.7 Å². The summed E-state index contributed by atoms with van der Waals surface area (Å²) >= 11 is 0. The number of allylic oxidation sites excluding steroid dienone is 5. The molecule has 0 amide bonds. The van der Waals surface area contributed by atoms with Crippen LogP contribution < -0.4 is 10.5 Å². The van der Waals surface area contributed by atoms with Gasteiger partial charge in [0.2, 0.25) is 0 Å². The largest absolute Gasteiger partial charge is 0.489 e. The Morgan fingerprint density at radius 3 is 2.39 bits per heavy atom.